The third kappa shape index (κ3) is 2.57. The van der Waals surface area contributed by atoms with E-state index in [9.17, 15) is 4.79 Å². The van der Waals surface area contributed by atoms with Gasteiger partial charge in [0.2, 0.25) is 0 Å². The van der Waals surface area contributed by atoms with Gasteiger partial charge in [-0.25, -0.2) is 9.97 Å². The summed E-state index contributed by atoms with van der Waals surface area (Å²) >= 11 is 3.07. The van der Waals surface area contributed by atoms with E-state index in [1.165, 1.54) is 16.9 Å². The van der Waals surface area contributed by atoms with Crippen molar-refractivity contribution in [2.45, 2.75) is 32.0 Å². The highest BCUT2D eigenvalue weighted by atomic mass is 32.2. The number of fused-ring (bicyclic) bond motifs is 1. The molecule has 0 unspecified atom stereocenters. The van der Waals surface area contributed by atoms with Crippen LogP contribution in [0.25, 0.3) is 16.0 Å². The average molecular weight is 331 g/mol. The van der Waals surface area contributed by atoms with E-state index in [0.717, 1.165) is 26.9 Å². The third-order valence-electron chi connectivity index (χ3n) is 3.44. The number of benzene rings is 1. The summed E-state index contributed by atoms with van der Waals surface area (Å²) in [5, 5.41) is 0. The molecule has 0 atom stereocenters. The lowest BCUT2D eigenvalue weighted by Gasteiger charge is -2.13. The molecule has 0 aliphatic carbocycles. The highest BCUT2D eigenvalue weighted by molar-refractivity contribution is 8.01. The Labute approximate surface area is 137 Å². The zero-order valence-corrected chi connectivity index (χ0v) is 14.6. The fourth-order valence-corrected chi connectivity index (χ4v) is 4.61. The fraction of sp³-hybridized carbons (Fsp3) is 0.312. The van der Waals surface area contributed by atoms with Crippen molar-refractivity contribution in [3.63, 3.8) is 0 Å². The Bertz CT molecular complexity index is 888. The second-order valence-electron chi connectivity index (χ2n) is 5.23. The number of aromatic nitrogens is 3. The fourth-order valence-electron chi connectivity index (χ4n) is 2.69. The summed E-state index contributed by atoms with van der Waals surface area (Å²) in [6.07, 6.45) is 1.59. The molecule has 3 rings (SSSR count). The van der Waals surface area contributed by atoms with Crippen LogP contribution in [0.3, 0.4) is 0 Å². The molecule has 0 saturated carbocycles. The Balaban J connectivity index is 2.24. The van der Waals surface area contributed by atoms with Crippen LogP contribution in [-0.4, -0.2) is 20.3 Å². The van der Waals surface area contributed by atoms with Crippen molar-refractivity contribution >= 4 is 33.4 Å². The van der Waals surface area contributed by atoms with Crippen molar-refractivity contribution in [2.75, 3.05) is 5.75 Å². The first-order valence-corrected chi connectivity index (χ1v) is 8.90. The third-order valence-corrected chi connectivity index (χ3v) is 5.50. The van der Waals surface area contributed by atoms with E-state index in [1.807, 2.05) is 13.8 Å². The van der Waals surface area contributed by atoms with Crippen molar-refractivity contribution in [1.82, 2.24) is 14.5 Å². The number of hydrogen-bond acceptors (Lipinski definition) is 5. The summed E-state index contributed by atoms with van der Waals surface area (Å²) < 4.78 is 3.17. The lowest BCUT2D eigenvalue weighted by Crippen LogP contribution is -2.19. The predicted molar refractivity (Wildman–Crippen MR) is 93.6 cm³/mol. The summed E-state index contributed by atoms with van der Waals surface area (Å²) in [5.41, 5.74) is 4.77. The maximum Gasteiger partial charge on any atom is 0.277 e. The number of aryl methyl sites for hydroxylation is 3. The van der Waals surface area contributed by atoms with Crippen molar-refractivity contribution in [3.05, 3.63) is 45.5 Å². The van der Waals surface area contributed by atoms with E-state index in [4.69, 9.17) is 0 Å². The average Bonchev–Trinajstić information content (AvgIpc) is 2.84. The van der Waals surface area contributed by atoms with Crippen molar-refractivity contribution < 1.29 is 0 Å². The summed E-state index contributed by atoms with van der Waals surface area (Å²) in [6, 6.07) is 4.17. The van der Waals surface area contributed by atoms with Gasteiger partial charge in [-0.3, -0.25) is 9.36 Å². The van der Waals surface area contributed by atoms with Crippen LogP contribution >= 0.6 is 23.1 Å². The van der Waals surface area contributed by atoms with E-state index < -0.39 is 0 Å². The van der Waals surface area contributed by atoms with Crippen LogP contribution in [0.15, 0.2) is 27.6 Å². The van der Waals surface area contributed by atoms with E-state index in [1.54, 1.807) is 22.7 Å². The molecule has 2 heterocycles. The molecule has 0 spiro atoms. The van der Waals surface area contributed by atoms with E-state index in [0.29, 0.717) is 10.3 Å². The maximum absolute atomic E-state index is 12.8. The highest BCUT2D eigenvalue weighted by Gasteiger charge is 2.14. The summed E-state index contributed by atoms with van der Waals surface area (Å²) in [4.78, 5) is 21.6. The van der Waals surface area contributed by atoms with Crippen molar-refractivity contribution in [2.24, 2.45) is 0 Å². The molecule has 22 heavy (non-hydrogen) atoms. The highest BCUT2D eigenvalue weighted by Crippen LogP contribution is 2.27. The Morgan fingerprint density at radius 1 is 1.23 bits per heavy atom. The lowest BCUT2D eigenvalue weighted by atomic mass is 10.1. The Hall–Kier alpha value is -1.66. The number of rotatable bonds is 3. The van der Waals surface area contributed by atoms with Gasteiger partial charge in [0.1, 0.15) is 11.0 Å². The van der Waals surface area contributed by atoms with Crippen LogP contribution in [0.5, 0.6) is 0 Å². The van der Waals surface area contributed by atoms with Crippen LogP contribution in [0.4, 0.5) is 0 Å². The van der Waals surface area contributed by atoms with Gasteiger partial charge in [0, 0.05) is 0 Å². The molecule has 114 valence electrons. The smallest absolute Gasteiger partial charge is 0.267 e. The lowest BCUT2D eigenvalue weighted by molar-refractivity contribution is 0.938. The van der Waals surface area contributed by atoms with Gasteiger partial charge in [-0.05, 0) is 37.7 Å². The van der Waals surface area contributed by atoms with Crippen LogP contribution in [0.1, 0.15) is 23.6 Å². The van der Waals surface area contributed by atoms with E-state index in [2.05, 4.69) is 35.9 Å². The van der Waals surface area contributed by atoms with Gasteiger partial charge in [-0.2, -0.15) is 0 Å². The molecule has 0 fully saturated rings. The van der Waals surface area contributed by atoms with Gasteiger partial charge in [-0.15, -0.1) is 11.3 Å². The number of thioether (sulfide) groups is 1. The predicted octanol–water partition coefficient (Wildman–Crippen LogP) is 3.88. The van der Waals surface area contributed by atoms with Gasteiger partial charge in [0.05, 0.1) is 5.69 Å². The second-order valence-corrected chi connectivity index (χ2v) is 7.74. The minimum Gasteiger partial charge on any atom is -0.267 e. The number of hydrogen-bond donors (Lipinski definition) is 0. The molecule has 3 aromatic rings. The molecule has 0 N–H and O–H groups in total. The summed E-state index contributed by atoms with van der Waals surface area (Å²) in [7, 11) is 0. The molecule has 6 heteroatoms. The van der Waals surface area contributed by atoms with E-state index in [-0.39, 0.29) is 5.56 Å². The van der Waals surface area contributed by atoms with Crippen LogP contribution in [-0.2, 0) is 0 Å². The number of nitrogens with zero attached hydrogens (tertiary/aromatic N) is 3. The molecular formula is C16H17N3OS2. The molecule has 0 aliphatic rings. The molecule has 0 aliphatic heterocycles. The van der Waals surface area contributed by atoms with Crippen LogP contribution < -0.4 is 5.56 Å². The zero-order valence-electron chi connectivity index (χ0n) is 13.0. The molecule has 0 amide bonds. The maximum atomic E-state index is 12.8. The molecule has 1 aromatic carbocycles. The van der Waals surface area contributed by atoms with Gasteiger partial charge in [0.25, 0.3) is 5.56 Å². The molecule has 0 bridgehead atoms. The number of thiazole rings is 1. The van der Waals surface area contributed by atoms with Crippen molar-refractivity contribution in [1.29, 1.82) is 0 Å². The molecule has 2 aromatic heterocycles. The van der Waals surface area contributed by atoms with Gasteiger partial charge < -0.3 is 0 Å². The Morgan fingerprint density at radius 3 is 2.55 bits per heavy atom. The minimum absolute atomic E-state index is 0.0412. The first-order chi connectivity index (χ1) is 10.5. The van der Waals surface area contributed by atoms with E-state index >= 15 is 0 Å². The minimum atomic E-state index is -0.0412. The van der Waals surface area contributed by atoms with Crippen LogP contribution in [0, 0.1) is 20.8 Å². The normalized spacial score (nSPS) is 11.3. The molecular weight excluding hydrogens is 314 g/mol. The molecule has 4 nitrogen and oxygen atoms in total. The summed E-state index contributed by atoms with van der Waals surface area (Å²) in [6.45, 7) is 8.18. The quantitative estimate of drug-likeness (QED) is 0.683. The van der Waals surface area contributed by atoms with Gasteiger partial charge in [-0.1, -0.05) is 36.4 Å². The topological polar surface area (TPSA) is 47.8 Å². The zero-order chi connectivity index (χ0) is 15.9. The van der Waals surface area contributed by atoms with Gasteiger partial charge >= 0.3 is 0 Å². The first-order valence-electron chi connectivity index (χ1n) is 7.10. The first kappa shape index (κ1) is 15.2. The largest absolute Gasteiger partial charge is 0.277 e. The van der Waals surface area contributed by atoms with Gasteiger partial charge in [0.15, 0.2) is 9.99 Å². The molecule has 0 saturated heterocycles. The van der Waals surface area contributed by atoms with Crippen LogP contribution in [0.2, 0.25) is 0 Å². The monoisotopic (exact) mass is 331 g/mol. The Morgan fingerprint density at radius 2 is 1.91 bits per heavy atom. The van der Waals surface area contributed by atoms with Crippen molar-refractivity contribution in [3.8, 4) is 5.69 Å². The SMILES string of the molecule is CCSc1nc2ncn(-c3c(C)cc(C)cc3C)c(=O)c2s1. The molecule has 0 radical (unpaired) electrons. The standard InChI is InChI=1S/C16H17N3OS2/c1-5-21-16-18-14-13(22-16)15(20)19(8-17-14)12-10(3)6-9(2)7-11(12)4/h6-8H,5H2,1-4H3. The summed E-state index contributed by atoms with van der Waals surface area (Å²) in [5.74, 6) is 0.935. The second kappa shape index (κ2) is 5.85. The Kier molecular flexibility index (Phi) is 4.06.